The number of hydrogen-bond donors (Lipinski definition) is 2. The van der Waals surface area contributed by atoms with Crippen molar-refractivity contribution in [2.24, 2.45) is 11.8 Å². The number of allylic oxidation sites excluding steroid dienone is 3. The van der Waals surface area contributed by atoms with E-state index < -0.39 is 0 Å². The second-order valence-corrected chi connectivity index (χ2v) is 7.77. The summed E-state index contributed by atoms with van der Waals surface area (Å²) in [5, 5.41) is 7.04. The first-order valence-corrected chi connectivity index (χ1v) is 9.93. The maximum atomic E-state index is 13.4. The highest BCUT2D eigenvalue weighted by atomic mass is 19.1. The van der Waals surface area contributed by atoms with Crippen LogP contribution in [0.15, 0.2) is 42.3 Å². The number of hydrogen-bond acceptors (Lipinski definition) is 3. The summed E-state index contributed by atoms with van der Waals surface area (Å²) in [6.07, 6.45) is 9.75. The molecule has 0 saturated carbocycles. The normalized spacial score (nSPS) is 33.0. The van der Waals surface area contributed by atoms with Crippen LogP contribution >= 0.6 is 0 Å². The van der Waals surface area contributed by atoms with Gasteiger partial charge >= 0.3 is 0 Å². The Kier molecular flexibility index (Phi) is 5.14. The number of halogens is 1. The molecule has 140 valence electrons. The van der Waals surface area contributed by atoms with E-state index in [1.165, 1.54) is 16.8 Å². The Hall–Kier alpha value is -1.65. The van der Waals surface area contributed by atoms with Crippen molar-refractivity contribution in [3.8, 4) is 0 Å². The molecule has 1 aromatic rings. The summed E-state index contributed by atoms with van der Waals surface area (Å²) in [5.41, 5.74) is 3.83. The molecule has 4 heteroatoms. The number of ether oxygens (including phenoxy) is 1. The van der Waals surface area contributed by atoms with E-state index in [4.69, 9.17) is 4.74 Å². The minimum atomic E-state index is -0.115. The summed E-state index contributed by atoms with van der Waals surface area (Å²) in [4.78, 5) is 0. The molecule has 3 nitrogen and oxygen atoms in total. The predicted octanol–water partition coefficient (Wildman–Crippen LogP) is 4.53. The number of anilines is 1. The lowest BCUT2D eigenvalue weighted by molar-refractivity contribution is -0.0934. The molecule has 0 spiro atoms. The highest BCUT2D eigenvalue weighted by molar-refractivity contribution is 5.57. The smallest absolute Gasteiger partial charge is 0.118 e. The van der Waals surface area contributed by atoms with Crippen molar-refractivity contribution in [3.63, 3.8) is 0 Å². The van der Waals surface area contributed by atoms with Crippen molar-refractivity contribution in [2.75, 3.05) is 18.9 Å². The topological polar surface area (TPSA) is 33.3 Å². The first-order valence-electron chi connectivity index (χ1n) is 9.93. The number of rotatable bonds is 4. The third-order valence-electron chi connectivity index (χ3n) is 6.14. The summed E-state index contributed by atoms with van der Waals surface area (Å²) >= 11 is 0. The standard InChI is InChI=1S/C22H29FN2O/c1-3-14-4-11-20-19(12-14)22-18(10-9-17(26-22)13-24-2)21(25-20)15-5-7-16(23)8-6-15/h4-5,7-8,11-12,15,17-18,21-22,24-25H,3,6,9-10,13H2,1-2H3/t15?,17-,18+,21+,22+/m1/s1. The van der Waals surface area contributed by atoms with Gasteiger partial charge in [-0.25, -0.2) is 4.39 Å². The molecule has 1 aromatic carbocycles. The van der Waals surface area contributed by atoms with E-state index in [0.29, 0.717) is 11.8 Å². The summed E-state index contributed by atoms with van der Waals surface area (Å²) in [6, 6.07) is 7.00. The lowest BCUT2D eigenvalue weighted by atomic mass is 9.73. The van der Waals surface area contributed by atoms with Crippen molar-refractivity contribution in [1.29, 1.82) is 0 Å². The van der Waals surface area contributed by atoms with E-state index >= 15 is 0 Å². The van der Waals surface area contributed by atoms with E-state index in [-0.39, 0.29) is 24.1 Å². The molecule has 2 heterocycles. The molecule has 4 rings (SSSR count). The van der Waals surface area contributed by atoms with Gasteiger partial charge in [-0.1, -0.05) is 25.1 Å². The lowest BCUT2D eigenvalue weighted by Gasteiger charge is -2.47. The minimum Gasteiger partial charge on any atom is -0.381 e. The van der Waals surface area contributed by atoms with E-state index in [1.807, 2.05) is 13.1 Å². The summed E-state index contributed by atoms with van der Waals surface area (Å²) in [7, 11) is 1.98. The Morgan fingerprint density at radius 3 is 2.92 bits per heavy atom. The quantitative estimate of drug-likeness (QED) is 0.832. The van der Waals surface area contributed by atoms with Gasteiger partial charge in [0.25, 0.3) is 0 Å². The van der Waals surface area contributed by atoms with Gasteiger partial charge in [0.2, 0.25) is 0 Å². The highest BCUT2D eigenvalue weighted by Crippen LogP contribution is 2.48. The molecular formula is C22H29FN2O. The van der Waals surface area contributed by atoms with Gasteiger partial charge in [0.05, 0.1) is 12.2 Å². The van der Waals surface area contributed by atoms with E-state index in [9.17, 15) is 4.39 Å². The Bertz CT molecular complexity index is 714. The van der Waals surface area contributed by atoms with Crippen molar-refractivity contribution in [2.45, 2.75) is 50.9 Å². The fraction of sp³-hybridized carbons (Fsp3) is 0.545. The second-order valence-electron chi connectivity index (χ2n) is 7.77. The van der Waals surface area contributed by atoms with E-state index in [1.54, 1.807) is 12.2 Å². The zero-order valence-electron chi connectivity index (χ0n) is 15.7. The first kappa shape index (κ1) is 17.7. The van der Waals surface area contributed by atoms with Crippen LogP contribution in [-0.4, -0.2) is 25.7 Å². The summed E-state index contributed by atoms with van der Waals surface area (Å²) < 4.78 is 20.0. The molecule has 0 bridgehead atoms. The van der Waals surface area contributed by atoms with Crippen LogP contribution < -0.4 is 10.6 Å². The number of fused-ring (bicyclic) bond motifs is 3. The van der Waals surface area contributed by atoms with Gasteiger partial charge in [-0.2, -0.15) is 0 Å². The highest BCUT2D eigenvalue weighted by Gasteiger charge is 2.43. The Labute approximate surface area is 155 Å². The molecule has 0 radical (unpaired) electrons. The molecular weight excluding hydrogens is 327 g/mol. The number of likely N-dealkylation sites (N-methyl/N-ethyl adjacent to an activating group) is 1. The minimum absolute atomic E-state index is 0.115. The van der Waals surface area contributed by atoms with E-state index in [2.05, 4.69) is 35.8 Å². The fourth-order valence-electron chi connectivity index (χ4n) is 4.74. The molecule has 26 heavy (non-hydrogen) atoms. The molecule has 3 aliphatic rings. The van der Waals surface area contributed by atoms with Gasteiger partial charge in [0, 0.05) is 35.7 Å². The SMILES string of the molecule is CCc1ccc2c(c1)[C@H]1O[C@@H](CNC)CC[C@H]1[C@H](C1C=CC(F)=CC1)N2. The van der Waals surface area contributed by atoms with Crippen LogP contribution in [0.2, 0.25) is 0 Å². The molecule has 1 unspecified atom stereocenters. The van der Waals surface area contributed by atoms with E-state index in [0.717, 1.165) is 32.2 Å². The van der Waals surface area contributed by atoms with Gasteiger partial charge in [-0.15, -0.1) is 0 Å². The Morgan fingerprint density at radius 1 is 1.31 bits per heavy atom. The van der Waals surface area contributed by atoms with Crippen molar-refractivity contribution in [1.82, 2.24) is 5.32 Å². The maximum absolute atomic E-state index is 13.4. The first-order chi connectivity index (χ1) is 12.7. The summed E-state index contributed by atoms with van der Waals surface area (Å²) in [6.45, 7) is 3.08. The monoisotopic (exact) mass is 356 g/mol. The van der Waals surface area contributed by atoms with Gasteiger partial charge in [-0.05, 0) is 56.5 Å². The van der Waals surface area contributed by atoms with Crippen LogP contribution in [0.3, 0.4) is 0 Å². The fourth-order valence-corrected chi connectivity index (χ4v) is 4.74. The summed E-state index contributed by atoms with van der Waals surface area (Å²) in [5.74, 6) is 0.618. The molecule has 1 aliphatic carbocycles. The largest absolute Gasteiger partial charge is 0.381 e. The van der Waals surface area contributed by atoms with Crippen molar-refractivity contribution in [3.05, 3.63) is 53.4 Å². The second kappa shape index (κ2) is 7.53. The van der Waals surface area contributed by atoms with Crippen LogP contribution in [0.5, 0.6) is 0 Å². The third kappa shape index (κ3) is 3.33. The third-order valence-corrected chi connectivity index (χ3v) is 6.14. The Balaban J connectivity index is 1.66. The number of nitrogens with one attached hydrogen (secondary N) is 2. The number of benzene rings is 1. The molecule has 2 aliphatic heterocycles. The molecule has 1 fully saturated rings. The van der Waals surface area contributed by atoms with Gasteiger partial charge in [0.15, 0.2) is 0 Å². The van der Waals surface area contributed by atoms with Gasteiger partial charge < -0.3 is 15.4 Å². The van der Waals surface area contributed by atoms with Crippen LogP contribution in [-0.2, 0) is 11.2 Å². The molecule has 0 amide bonds. The van der Waals surface area contributed by atoms with Gasteiger partial charge in [0.1, 0.15) is 5.83 Å². The van der Waals surface area contributed by atoms with Crippen molar-refractivity contribution < 1.29 is 9.13 Å². The number of aryl methyl sites for hydroxylation is 1. The van der Waals surface area contributed by atoms with Crippen LogP contribution in [0, 0.1) is 11.8 Å². The van der Waals surface area contributed by atoms with Crippen LogP contribution in [0.4, 0.5) is 10.1 Å². The van der Waals surface area contributed by atoms with Gasteiger partial charge in [-0.3, -0.25) is 0 Å². The van der Waals surface area contributed by atoms with Crippen LogP contribution in [0.1, 0.15) is 43.4 Å². The predicted molar refractivity (Wildman–Crippen MR) is 104 cm³/mol. The molecule has 2 N–H and O–H groups in total. The Morgan fingerprint density at radius 2 is 2.19 bits per heavy atom. The van der Waals surface area contributed by atoms with Crippen molar-refractivity contribution >= 4 is 5.69 Å². The molecule has 1 saturated heterocycles. The zero-order valence-corrected chi connectivity index (χ0v) is 15.7. The zero-order chi connectivity index (χ0) is 18.1. The average molecular weight is 356 g/mol. The lowest BCUT2D eigenvalue weighted by Crippen LogP contribution is -2.48. The molecule has 0 aromatic heterocycles. The molecule has 5 atom stereocenters. The van der Waals surface area contributed by atoms with Crippen LogP contribution in [0.25, 0.3) is 0 Å². The maximum Gasteiger partial charge on any atom is 0.118 e. The average Bonchev–Trinajstić information content (AvgIpc) is 2.68.